The number of para-hydroxylation sites is 1. The molecule has 2 aromatic rings. The van der Waals surface area contributed by atoms with E-state index in [4.69, 9.17) is 9.47 Å². The molecule has 1 saturated heterocycles. The van der Waals surface area contributed by atoms with E-state index in [2.05, 4.69) is 0 Å². The van der Waals surface area contributed by atoms with Crippen LogP contribution in [0.15, 0.2) is 58.3 Å². The van der Waals surface area contributed by atoms with Crippen molar-refractivity contribution in [2.45, 2.75) is 29.8 Å². The minimum atomic E-state index is -4.57. The lowest BCUT2D eigenvalue weighted by molar-refractivity contribution is -0.139. The Hall–Kier alpha value is -3.14. The van der Waals surface area contributed by atoms with Gasteiger partial charge in [0.2, 0.25) is 5.91 Å². The minimum absolute atomic E-state index is 0.0446. The number of alkyl halides is 3. The van der Waals surface area contributed by atoms with Crippen molar-refractivity contribution in [2.75, 3.05) is 39.4 Å². The van der Waals surface area contributed by atoms with E-state index < -0.39 is 17.8 Å². The van der Waals surface area contributed by atoms with Gasteiger partial charge in [-0.25, -0.2) is 4.79 Å². The predicted molar refractivity (Wildman–Crippen MR) is 127 cm³/mol. The first-order chi connectivity index (χ1) is 16.7. The summed E-state index contributed by atoms with van der Waals surface area (Å²) in [6.45, 7) is 5.53. The minimum Gasteiger partial charge on any atom is -0.493 e. The van der Waals surface area contributed by atoms with Crippen molar-refractivity contribution in [3.05, 3.63) is 59.7 Å². The molecule has 6 nitrogen and oxygen atoms in total. The zero-order chi connectivity index (χ0) is 25.4. The highest BCUT2D eigenvalue weighted by molar-refractivity contribution is 7.99. The Balaban J connectivity index is 1.72. The van der Waals surface area contributed by atoms with Crippen LogP contribution in [-0.4, -0.2) is 61.2 Å². The maximum atomic E-state index is 13.8. The summed E-state index contributed by atoms with van der Waals surface area (Å²) in [5, 5.41) is 0. The Morgan fingerprint density at radius 3 is 2.31 bits per heavy atom. The number of carbonyl (C=O) groups excluding carboxylic acids is 2. The third kappa shape index (κ3) is 7.17. The van der Waals surface area contributed by atoms with Crippen LogP contribution in [0.4, 0.5) is 18.0 Å². The van der Waals surface area contributed by atoms with Crippen LogP contribution in [0.5, 0.6) is 5.75 Å². The number of benzene rings is 2. The molecule has 35 heavy (non-hydrogen) atoms. The van der Waals surface area contributed by atoms with Crippen LogP contribution in [0, 0.1) is 0 Å². The van der Waals surface area contributed by atoms with Crippen molar-refractivity contribution < 1.29 is 32.2 Å². The van der Waals surface area contributed by atoms with Crippen molar-refractivity contribution in [1.29, 1.82) is 0 Å². The number of hydrogen-bond donors (Lipinski definition) is 0. The van der Waals surface area contributed by atoms with Crippen molar-refractivity contribution in [1.82, 2.24) is 9.80 Å². The normalized spacial score (nSPS) is 14.3. The highest BCUT2D eigenvalue weighted by Crippen LogP contribution is 2.42. The molecule has 188 valence electrons. The zero-order valence-electron chi connectivity index (χ0n) is 19.5. The monoisotopic (exact) mass is 508 g/mol. The molecule has 10 heteroatoms. The molecule has 0 aromatic heterocycles. The molecule has 1 aliphatic heterocycles. The number of halogens is 3. The van der Waals surface area contributed by atoms with E-state index >= 15 is 0 Å². The van der Waals surface area contributed by atoms with Gasteiger partial charge in [0.05, 0.1) is 23.7 Å². The van der Waals surface area contributed by atoms with Gasteiger partial charge in [-0.2, -0.15) is 13.2 Å². The molecule has 0 saturated carbocycles. The fraction of sp³-hybridized carbons (Fsp3) is 0.360. The third-order valence-electron chi connectivity index (χ3n) is 5.21. The molecule has 0 spiro atoms. The third-order valence-corrected chi connectivity index (χ3v) is 6.35. The van der Waals surface area contributed by atoms with Crippen LogP contribution in [0.25, 0.3) is 6.08 Å². The van der Waals surface area contributed by atoms with Gasteiger partial charge in [0.15, 0.2) is 0 Å². The number of rotatable bonds is 7. The van der Waals surface area contributed by atoms with E-state index in [9.17, 15) is 22.8 Å². The molecule has 1 aliphatic rings. The molecule has 0 radical (unpaired) electrons. The molecule has 3 rings (SSSR count). The summed E-state index contributed by atoms with van der Waals surface area (Å²) in [6, 6.07) is 10.9. The highest BCUT2D eigenvalue weighted by atomic mass is 32.2. The number of nitrogens with zero attached hydrogens (tertiary/aromatic N) is 2. The molecule has 0 atom stereocenters. The molecule has 2 aromatic carbocycles. The van der Waals surface area contributed by atoms with Crippen LogP contribution in [0.3, 0.4) is 0 Å². The molecular weight excluding hydrogens is 481 g/mol. The van der Waals surface area contributed by atoms with E-state index in [1.165, 1.54) is 23.1 Å². The second kappa shape index (κ2) is 12.0. The molecule has 0 aliphatic carbocycles. The number of ether oxygens (including phenoxy) is 2. The smallest absolute Gasteiger partial charge is 0.417 e. The van der Waals surface area contributed by atoms with E-state index in [0.29, 0.717) is 43.4 Å². The molecule has 0 bridgehead atoms. The molecule has 1 fully saturated rings. The van der Waals surface area contributed by atoms with Crippen LogP contribution in [-0.2, 0) is 15.7 Å². The van der Waals surface area contributed by atoms with Gasteiger partial charge in [-0.1, -0.05) is 30.0 Å². The lowest BCUT2D eigenvalue weighted by Gasteiger charge is -2.33. The van der Waals surface area contributed by atoms with Gasteiger partial charge in [-0.3, -0.25) is 4.79 Å². The lowest BCUT2D eigenvalue weighted by Crippen LogP contribution is -2.50. The zero-order valence-corrected chi connectivity index (χ0v) is 20.3. The summed E-state index contributed by atoms with van der Waals surface area (Å²) in [7, 11) is 0. The standard InChI is InChI=1S/C25H27F3N2O4S/c1-3-33-20-7-5-6-8-22(20)35-21-11-9-18(17-19(21)25(26,27)28)10-12-23(31)29-13-15-30(16-14-29)24(32)34-4-2/h5-12,17H,3-4,13-16H2,1-2H3. The van der Waals surface area contributed by atoms with Gasteiger partial charge in [0.1, 0.15) is 5.75 Å². The van der Waals surface area contributed by atoms with Crippen molar-refractivity contribution in [3.8, 4) is 5.75 Å². The topological polar surface area (TPSA) is 59.1 Å². The van der Waals surface area contributed by atoms with Gasteiger partial charge in [-0.15, -0.1) is 0 Å². The maximum Gasteiger partial charge on any atom is 0.417 e. The van der Waals surface area contributed by atoms with Crippen LogP contribution >= 0.6 is 11.8 Å². The second-order valence-electron chi connectivity index (χ2n) is 7.58. The maximum absolute atomic E-state index is 13.8. The van der Waals surface area contributed by atoms with Gasteiger partial charge in [0, 0.05) is 37.2 Å². The molecule has 0 unspecified atom stereocenters. The van der Waals surface area contributed by atoms with E-state index in [1.54, 1.807) is 42.2 Å². The molecular formula is C25H27F3N2O4S. The van der Waals surface area contributed by atoms with Gasteiger partial charge < -0.3 is 19.3 Å². The molecule has 2 amide bonds. The summed E-state index contributed by atoms with van der Waals surface area (Å²) < 4.78 is 52.0. The summed E-state index contributed by atoms with van der Waals surface area (Å²) in [6.07, 6.45) is -2.36. The first-order valence-corrected chi connectivity index (χ1v) is 12.0. The Labute approximate surface area is 206 Å². The van der Waals surface area contributed by atoms with Crippen LogP contribution < -0.4 is 4.74 Å². The van der Waals surface area contributed by atoms with Crippen molar-refractivity contribution in [3.63, 3.8) is 0 Å². The Morgan fingerprint density at radius 1 is 0.971 bits per heavy atom. The summed E-state index contributed by atoms with van der Waals surface area (Å²) >= 11 is 0.983. The number of carbonyl (C=O) groups is 2. The van der Waals surface area contributed by atoms with Crippen LogP contribution in [0.2, 0.25) is 0 Å². The first kappa shape index (κ1) is 26.5. The van der Waals surface area contributed by atoms with Crippen molar-refractivity contribution >= 4 is 29.8 Å². The molecule has 1 heterocycles. The Bertz CT molecular complexity index is 1070. The average Bonchev–Trinajstić information content (AvgIpc) is 2.84. The first-order valence-electron chi connectivity index (χ1n) is 11.2. The number of piperazine rings is 1. The molecule has 0 N–H and O–H groups in total. The summed E-state index contributed by atoms with van der Waals surface area (Å²) in [4.78, 5) is 28.0. The van der Waals surface area contributed by atoms with Gasteiger partial charge >= 0.3 is 12.3 Å². The quantitative estimate of drug-likeness (QED) is 0.458. The fourth-order valence-electron chi connectivity index (χ4n) is 3.49. The van der Waals surface area contributed by atoms with Gasteiger partial charge in [0.25, 0.3) is 0 Å². The lowest BCUT2D eigenvalue weighted by atomic mass is 10.1. The van der Waals surface area contributed by atoms with Crippen molar-refractivity contribution in [2.24, 2.45) is 0 Å². The average molecular weight is 509 g/mol. The number of amides is 2. The predicted octanol–water partition coefficient (Wildman–Crippen LogP) is 5.57. The largest absolute Gasteiger partial charge is 0.493 e. The summed E-state index contributed by atoms with van der Waals surface area (Å²) in [5.41, 5.74) is -0.523. The second-order valence-corrected chi connectivity index (χ2v) is 8.66. The number of hydrogen-bond acceptors (Lipinski definition) is 5. The Morgan fingerprint density at radius 2 is 1.66 bits per heavy atom. The SMILES string of the molecule is CCOC(=O)N1CCN(C(=O)C=Cc2ccc(Sc3ccccc3OCC)c(C(F)(F)F)c2)CC1. The highest BCUT2D eigenvalue weighted by Gasteiger charge is 2.34. The van der Waals surface area contributed by atoms with Crippen LogP contribution in [0.1, 0.15) is 25.0 Å². The summed E-state index contributed by atoms with van der Waals surface area (Å²) in [5.74, 6) is 0.192. The Kier molecular flexibility index (Phi) is 9.08. The van der Waals surface area contributed by atoms with Gasteiger partial charge in [-0.05, 0) is 49.8 Å². The fourth-order valence-corrected chi connectivity index (χ4v) is 4.52. The van der Waals surface area contributed by atoms with E-state index in [1.807, 2.05) is 6.92 Å². The van der Waals surface area contributed by atoms with E-state index in [0.717, 1.165) is 17.8 Å². The van der Waals surface area contributed by atoms with E-state index in [-0.39, 0.29) is 23.0 Å².